The molecule has 0 radical (unpaired) electrons. The molecule has 2 aromatic rings. The molecule has 148 valence electrons. The van der Waals surface area contributed by atoms with E-state index < -0.39 is 18.0 Å². The van der Waals surface area contributed by atoms with Crippen molar-refractivity contribution < 1.29 is 24.2 Å². The smallest absolute Gasteiger partial charge is 0.407 e. The second kappa shape index (κ2) is 10.6. The standard InChI is InChI=1S/C20H23N3O5/c1-3-28-20(26)22-16(12-14-8-5-4-6-9-14)19(25)23-21-13-15-10-7-11-17(27-2)18(15)24/h4-11,13,16,24H,3,12H2,1-2H3,(H,22,26)(H,23,25)/b21-13-/t16-/m0/s1. The zero-order valence-electron chi connectivity index (χ0n) is 15.7. The molecule has 2 amide bonds. The highest BCUT2D eigenvalue weighted by Gasteiger charge is 2.21. The van der Waals surface area contributed by atoms with E-state index in [1.807, 2.05) is 30.3 Å². The van der Waals surface area contributed by atoms with E-state index in [4.69, 9.17) is 9.47 Å². The lowest BCUT2D eigenvalue weighted by atomic mass is 10.1. The van der Waals surface area contributed by atoms with Crippen molar-refractivity contribution in [1.82, 2.24) is 10.7 Å². The fourth-order valence-electron chi connectivity index (χ4n) is 2.43. The highest BCUT2D eigenvalue weighted by atomic mass is 16.5. The first-order valence-corrected chi connectivity index (χ1v) is 8.71. The first kappa shape index (κ1) is 20.8. The number of carbonyl (C=O) groups excluding carboxylic acids is 2. The Labute approximate surface area is 163 Å². The lowest BCUT2D eigenvalue weighted by molar-refractivity contribution is -0.123. The minimum atomic E-state index is -0.877. The Bertz CT molecular complexity index is 824. The van der Waals surface area contributed by atoms with Crippen molar-refractivity contribution in [3.8, 4) is 11.5 Å². The highest BCUT2D eigenvalue weighted by Crippen LogP contribution is 2.27. The number of para-hydroxylation sites is 1. The topological polar surface area (TPSA) is 109 Å². The Hall–Kier alpha value is -3.55. The summed E-state index contributed by atoms with van der Waals surface area (Å²) < 4.78 is 9.88. The zero-order valence-corrected chi connectivity index (χ0v) is 15.7. The van der Waals surface area contributed by atoms with Gasteiger partial charge in [0.2, 0.25) is 0 Å². The van der Waals surface area contributed by atoms with E-state index in [0.29, 0.717) is 11.3 Å². The van der Waals surface area contributed by atoms with Crippen molar-refractivity contribution in [2.75, 3.05) is 13.7 Å². The molecular weight excluding hydrogens is 362 g/mol. The summed E-state index contributed by atoms with van der Waals surface area (Å²) in [7, 11) is 1.44. The molecule has 2 aromatic carbocycles. The lowest BCUT2D eigenvalue weighted by Gasteiger charge is -2.16. The molecule has 0 saturated heterocycles. The van der Waals surface area contributed by atoms with Gasteiger partial charge in [0, 0.05) is 12.0 Å². The molecule has 0 saturated carbocycles. The Kier molecular flexibility index (Phi) is 7.83. The normalized spacial score (nSPS) is 11.6. The Morgan fingerprint density at radius 2 is 1.93 bits per heavy atom. The number of nitrogens with one attached hydrogen (secondary N) is 2. The fraction of sp³-hybridized carbons (Fsp3) is 0.250. The van der Waals surface area contributed by atoms with Crippen molar-refractivity contribution in [2.24, 2.45) is 5.10 Å². The van der Waals surface area contributed by atoms with Crippen LogP contribution in [-0.2, 0) is 16.0 Å². The minimum Gasteiger partial charge on any atom is -0.504 e. The van der Waals surface area contributed by atoms with Gasteiger partial charge in [-0.2, -0.15) is 5.10 Å². The SMILES string of the molecule is CCOC(=O)N[C@@H](Cc1ccccc1)C(=O)N/N=C\c1cccc(OC)c1O. The van der Waals surface area contributed by atoms with Crippen LogP contribution in [0.25, 0.3) is 0 Å². The number of methoxy groups -OCH3 is 1. The monoisotopic (exact) mass is 385 g/mol. The highest BCUT2D eigenvalue weighted by molar-refractivity contribution is 5.89. The van der Waals surface area contributed by atoms with Crippen LogP contribution < -0.4 is 15.5 Å². The molecule has 0 aromatic heterocycles. The van der Waals surface area contributed by atoms with E-state index in [0.717, 1.165) is 5.56 Å². The summed E-state index contributed by atoms with van der Waals surface area (Å²) in [5, 5.41) is 16.4. The maximum Gasteiger partial charge on any atom is 0.407 e. The van der Waals surface area contributed by atoms with Crippen molar-refractivity contribution in [2.45, 2.75) is 19.4 Å². The second-order valence-corrected chi connectivity index (χ2v) is 5.74. The number of rotatable bonds is 8. The summed E-state index contributed by atoms with van der Waals surface area (Å²) in [6.45, 7) is 1.87. The van der Waals surface area contributed by atoms with Crippen LogP contribution in [0.1, 0.15) is 18.1 Å². The van der Waals surface area contributed by atoms with Gasteiger partial charge in [-0.3, -0.25) is 4.79 Å². The zero-order chi connectivity index (χ0) is 20.4. The van der Waals surface area contributed by atoms with E-state index in [9.17, 15) is 14.7 Å². The number of hydrogen-bond donors (Lipinski definition) is 3. The fourth-order valence-corrected chi connectivity index (χ4v) is 2.43. The lowest BCUT2D eigenvalue weighted by Crippen LogP contribution is -2.47. The third kappa shape index (κ3) is 6.01. The van der Waals surface area contributed by atoms with Gasteiger partial charge in [0.05, 0.1) is 19.9 Å². The molecule has 0 aliphatic carbocycles. The number of nitrogens with zero attached hydrogens (tertiary/aromatic N) is 1. The number of aromatic hydroxyl groups is 1. The predicted octanol–water partition coefficient (Wildman–Crippen LogP) is 2.21. The second-order valence-electron chi connectivity index (χ2n) is 5.74. The number of carbonyl (C=O) groups is 2. The van der Waals surface area contributed by atoms with E-state index in [1.165, 1.54) is 13.3 Å². The number of amides is 2. The summed E-state index contributed by atoms with van der Waals surface area (Å²) in [6.07, 6.45) is 0.874. The maximum absolute atomic E-state index is 12.5. The van der Waals surface area contributed by atoms with Gasteiger partial charge in [-0.15, -0.1) is 0 Å². The first-order valence-electron chi connectivity index (χ1n) is 8.71. The Balaban J connectivity index is 2.07. The van der Waals surface area contributed by atoms with Gasteiger partial charge in [0.15, 0.2) is 11.5 Å². The van der Waals surface area contributed by atoms with Gasteiger partial charge in [0.25, 0.3) is 5.91 Å². The average molecular weight is 385 g/mol. The van der Waals surface area contributed by atoms with Crippen LogP contribution in [-0.4, -0.2) is 43.1 Å². The Morgan fingerprint density at radius 1 is 1.18 bits per heavy atom. The largest absolute Gasteiger partial charge is 0.504 e. The summed E-state index contributed by atoms with van der Waals surface area (Å²) in [6, 6.07) is 13.3. The van der Waals surface area contributed by atoms with E-state index in [1.54, 1.807) is 25.1 Å². The molecule has 0 spiro atoms. The molecule has 28 heavy (non-hydrogen) atoms. The van der Waals surface area contributed by atoms with Gasteiger partial charge in [-0.05, 0) is 24.6 Å². The van der Waals surface area contributed by atoms with E-state index in [-0.39, 0.29) is 18.8 Å². The van der Waals surface area contributed by atoms with Crippen molar-refractivity contribution in [3.05, 3.63) is 59.7 Å². The minimum absolute atomic E-state index is 0.0894. The molecule has 0 heterocycles. The van der Waals surface area contributed by atoms with Crippen LogP contribution >= 0.6 is 0 Å². The van der Waals surface area contributed by atoms with Crippen molar-refractivity contribution in [1.29, 1.82) is 0 Å². The number of ether oxygens (including phenoxy) is 2. The molecule has 8 heteroatoms. The number of benzene rings is 2. The maximum atomic E-state index is 12.5. The molecule has 2 rings (SSSR count). The van der Waals surface area contributed by atoms with E-state index >= 15 is 0 Å². The summed E-state index contributed by atoms with van der Waals surface area (Å²) in [5.41, 5.74) is 3.61. The molecule has 0 unspecified atom stereocenters. The third-order valence-corrected chi connectivity index (χ3v) is 3.80. The van der Waals surface area contributed by atoms with Crippen LogP contribution in [0.15, 0.2) is 53.6 Å². The number of phenolic OH excluding ortho intramolecular Hbond substituents is 1. The Morgan fingerprint density at radius 3 is 2.61 bits per heavy atom. The summed E-state index contributed by atoms with van der Waals surface area (Å²) in [5.74, 6) is -0.315. The van der Waals surface area contributed by atoms with Gasteiger partial charge < -0.3 is 19.9 Å². The predicted molar refractivity (Wildman–Crippen MR) is 104 cm³/mol. The molecular formula is C20H23N3O5. The molecule has 1 atom stereocenters. The van der Waals surface area contributed by atoms with Crippen molar-refractivity contribution >= 4 is 18.2 Å². The van der Waals surface area contributed by atoms with Crippen LogP contribution in [0.4, 0.5) is 4.79 Å². The van der Waals surface area contributed by atoms with Gasteiger partial charge in [-0.25, -0.2) is 10.2 Å². The van der Waals surface area contributed by atoms with Crippen LogP contribution in [0.5, 0.6) is 11.5 Å². The third-order valence-electron chi connectivity index (χ3n) is 3.80. The van der Waals surface area contributed by atoms with Crippen LogP contribution in [0.3, 0.4) is 0 Å². The summed E-state index contributed by atoms with van der Waals surface area (Å²) in [4.78, 5) is 24.3. The van der Waals surface area contributed by atoms with E-state index in [2.05, 4.69) is 15.8 Å². The molecule has 3 N–H and O–H groups in total. The van der Waals surface area contributed by atoms with Gasteiger partial charge in [-0.1, -0.05) is 36.4 Å². The van der Waals surface area contributed by atoms with Crippen LogP contribution in [0, 0.1) is 0 Å². The van der Waals surface area contributed by atoms with Crippen LogP contribution in [0.2, 0.25) is 0 Å². The van der Waals surface area contributed by atoms with Crippen molar-refractivity contribution in [3.63, 3.8) is 0 Å². The number of hydrogen-bond acceptors (Lipinski definition) is 6. The number of alkyl carbamates (subject to hydrolysis) is 1. The quantitative estimate of drug-likeness (QED) is 0.477. The number of phenols is 1. The number of hydrazone groups is 1. The first-order chi connectivity index (χ1) is 13.5. The van der Waals surface area contributed by atoms with Gasteiger partial charge in [0.1, 0.15) is 6.04 Å². The summed E-state index contributed by atoms with van der Waals surface area (Å²) >= 11 is 0. The molecule has 0 aliphatic rings. The average Bonchev–Trinajstić information content (AvgIpc) is 2.69. The molecule has 0 bridgehead atoms. The molecule has 0 aliphatic heterocycles. The molecule has 8 nitrogen and oxygen atoms in total. The molecule has 0 fully saturated rings. The van der Waals surface area contributed by atoms with Gasteiger partial charge >= 0.3 is 6.09 Å².